The van der Waals surface area contributed by atoms with E-state index in [1.54, 1.807) is 12.1 Å². The molecular formula is C32H36ClFN8O2. The molecule has 230 valence electrons. The molecule has 2 bridgehead atoms. The van der Waals surface area contributed by atoms with E-state index in [4.69, 9.17) is 27.1 Å². The number of aliphatic hydroxyl groups is 1. The molecular weight excluding hydrogens is 583 g/mol. The highest BCUT2D eigenvalue weighted by Gasteiger charge is 2.40. The minimum absolute atomic E-state index is 0.0512. The highest BCUT2D eigenvalue weighted by molar-refractivity contribution is 6.35. The van der Waals surface area contributed by atoms with Gasteiger partial charge in [0.25, 0.3) is 0 Å². The van der Waals surface area contributed by atoms with Gasteiger partial charge in [0, 0.05) is 59.8 Å². The summed E-state index contributed by atoms with van der Waals surface area (Å²) in [5, 5.41) is 25.2. The van der Waals surface area contributed by atoms with Crippen molar-refractivity contribution in [3.05, 3.63) is 40.3 Å². The summed E-state index contributed by atoms with van der Waals surface area (Å²) in [7, 11) is 3.84. The third-order valence-corrected chi connectivity index (χ3v) is 10.4. The van der Waals surface area contributed by atoms with Crippen molar-refractivity contribution in [2.75, 3.05) is 50.5 Å². The number of nitrogens with zero attached hydrogens (tertiary/aromatic N) is 6. The number of nitriles is 1. The molecule has 7 rings (SSSR count). The summed E-state index contributed by atoms with van der Waals surface area (Å²) < 4.78 is 25.2. The molecule has 3 aliphatic rings. The topological polar surface area (TPSA) is 128 Å². The number of rotatable bonds is 6. The number of aromatic nitrogens is 3. The molecule has 2 aromatic heterocycles. The molecule has 12 heteroatoms. The van der Waals surface area contributed by atoms with Crippen LogP contribution in [-0.2, 0) is 7.05 Å². The maximum atomic E-state index is 17.1. The number of fused-ring (bicyclic) bond motifs is 4. The molecule has 2 aromatic carbocycles. The number of hydrogen-bond acceptors (Lipinski definition) is 9. The Morgan fingerprint density at radius 3 is 2.64 bits per heavy atom. The van der Waals surface area contributed by atoms with E-state index in [-0.39, 0.29) is 40.9 Å². The molecule has 10 nitrogen and oxygen atoms in total. The fourth-order valence-corrected chi connectivity index (χ4v) is 7.75. The number of nitrogen functional groups attached to an aromatic ring is 1. The highest BCUT2D eigenvalue weighted by atomic mass is 35.5. The molecule has 4 N–H and O–H groups in total. The van der Waals surface area contributed by atoms with Gasteiger partial charge in [-0.1, -0.05) is 11.6 Å². The van der Waals surface area contributed by atoms with Crippen molar-refractivity contribution in [3.63, 3.8) is 0 Å². The molecule has 2 unspecified atom stereocenters. The van der Waals surface area contributed by atoms with Gasteiger partial charge in [0.1, 0.15) is 24.0 Å². The van der Waals surface area contributed by atoms with E-state index in [0.29, 0.717) is 39.9 Å². The number of piperazine rings is 1. The Hall–Kier alpha value is -3.69. The second-order valence-electron chi connectivity index (χ2n) is 12.6. The number of likely N-dealkylation sites (N-methyl/N-ethyl adjacent to an activating group) is 1. The maximum absolute atomic E-state index is 17.1. The van der Waals surface area contributed by atoms with E-state index >= 15 is 4.39 Å². The Labute approximate surface area is 260 Å². The Morgan fingerprint density at radius 1 is 1.23 bits per heavy atom. The molecule has 0 aliphatic carbocycles. The zero-order valence-electron chi connectivity index (χ0n) is 25.1. The average molecular weight is 619 g/mol. The minimum atomic E-state index is -0.615. The summed E-state index contributed by atoms with van der Waals surface area (Å²) in [6.07, 6.45) is 3.87. The van der Waals surface area contributed by atoms with Crippen LogP contribution in [0.25, 0.3) is 32.9 Å². The van der Waals surface area contributed by atoms with Crippen molar-refractivity contribution in [3.8, 4) is 23.2 Å². The summed E-state index contributed by atoms with van der Waals surface area (Å²) in [6.45, 7) is 4.28. The van der Waals surface area contributed by atoms with Crippen molar-refractivity contribution < 1.29 is 14.2 Å². The fraction of sp³-hybridized carbons (Fsp3) is 0.469. The van der Waals surface area contributed by atoms with Gasteiger partial charge in [0.05, 0.1) is 33.9 Å². The van der Waals surface area contributed by atoms with E-state index in [1.165, 1.54) is 0 Å². The Bertz CT molecular complexity index is 1840. The van der Waals surface area contributed by atoms with Crippen LogP contribution >= 0.6 is 11.6 Å². The van der Waals surface area contributed by atoms with Crippen LogP contribution in [0.3, 0.4) is 0 Å². The maximum Gasteiger partial charge on any atom is 0.319 e. The van der Waals surface area contributed by atoms with Gasteiger partial charge in [0.15, 0.2) is 5.82 Å². The van der Waals surface area contributed by atoms with Gasteiger partial charge >= 0.3 is 6.01 Å². The van der Waals surface area contributed by atoms with E-state index in [1.807, 2.05) is 31.7 Å². The number of likely N-dealkylation sites (tertiary alicyclic amines) is 1. The third-order valence-electron chi connectivity index (χ3n) is 10.1. The van der Waals surface area contributed by atoms with E-state index in [2.05, 4.69) is 26.2 Å². The average Bonchev–Trinajstić information content (AvgIpc) is 3.64. The number of halogens is 2. The quantitative estimate of drug-likeness (QED) is 0.273. The molecule has 0 saturated carbocycles. The molecule has 0 spiro atoms. The standard InChI is InChI=1S/C32H36ClFN8O2/c1-17-25(26-21(12-35)23(36)7-8-24(26)41(17)3)27-22(33)11-20-29(28(27)34)38-31(44-16-32(15-43)9-4-10-40(32)2)39-30(20)42-13-18-5-6-19(14-42)37-18/h7-8,11,18-19,37,43H,4-6,9-10,13-16,36H2,1-3H3/t18?,19?,32-/m1/s1. The van der Waals surface area contributed by atoms with Gasteiger partial charge in [0.2, 0.25) is 0 Å². The molecule has 0 amide bonds. The lowest BCUT2D eigenvalue weighted by molar-refractivity contribution is 0.0363. The molecule has 44 heavy (non-hydrogen) atoms. The zero-order chi connectivity index (χ0) is 30.9. The van der Waals surface area contributed by atoms with Crippen molar-refractivity contribution in [1.29, 1.82) is 5.26 Å². The fourth-order valence-electron chi connectivity index (χ4n) is 7.46. The second-order valence-corrected chi connectivity index (χ2v) is 13.0. The molecule has 5 heterocycles. The van der Waals surface area contributed by atoms with E-state index < -0.39 is 11.4 Å². The highest BCUT2D eigenvalue weighted by Crippen LogP contribution is 2.45. The van der Waals surface area contributed by atoms with Gasteiger partial charge in [-0.05, 0) is 64.4 Å². The summed E-state index contributed by atoms with van der Waals surface area (Å²) in [6, 6.07) is 8.15. The molecule has 0 radical (unpaired) electrons. The first-order valence-electron chi connectivity index (χ1n) is 15.1. The van der Waals surface area contributed by atoms with Gasteiger partial charge in [-0.2, -0.15) is 15.2 Å². The van der Waals surface area contributed by atoms with Crippen LogP contribution in [0.2, 0.25) is 5.02 Å². The monoisotopic (exact) mass is 618 g/mol. The summed E-state index contributed by atoms with van der Waals surface area (Å²) >= 11 is 6.97. The predicted octanol–water partition coefficient (Wildman–Crippen LogP) is 4.12. The lowest BCUT2D eigenvalue weighted by Gasteiger charge is -2.35. The first kappa shape index (κ1) is 29.0. The van der Waals surface area contributed by atoms with Gasteiger partial charge in [-0.15, -0.1) is 0 Å². The van der Waals surface area contributed by atoms with E-state index in [9.17, 15) is 10.4 Å². The van der Waals surface area contributed by atoms with Gasteiger partial charge in [-0.3, -0.25) is 4.90 Å². The summed E-state index contributed by atoms with van der Waals surface area (Å²) in [4.78, 5) is 13.8. The number of aliphatic hydroxyl groups excluding tert-OH is 1. The first-order valence-corrected chi connectivity index (χ1v) is 15.5. The van der Waals surface area contributed by atoms with Crippen LogP contribution in [0.15, 0.2) is 18.2 Å². The summed E-state index contributed by atoms with van der Waals surface area (Å²) in [5.74, 6) is -0.0407. The van der Waals surface area contributed by atoms with Crippen LogP contribution in [0.4, 0.5) is 15.9 Å². The third kappa shape index (κ3) is 4.38. The van der Waals surface area contributed by atoms with E-state index in [0.717, 1.165) is 56.5 Å². The van der Waals surface area contributed by atoms with Crippen molar-refractivity contribution in [1.82, 2.24) is 24.8 Å². The number of anilines is 2. The normalized spacial score (nSPS) is 23.6. The molecule has 3 atom stereocenters. The Kier molecular flexibility index (Phi) is 7.09. The first-order chi connectivity index (χ1) is 21.2. The largest absolute Gasteiger partial charge is 0.461 e. The number of aryl methyl sites for hydroxylation is 1. The number of nitrogens with two attached hydrogens (primary N) is 1. The van der Waals surface area contributed by atoms with Crippen molar-refractivity contribution >= 4 is 44.9 Å². The minimum Gasteiger partial charge on any atom is -0.461 e. The smallest absolute Gasteiger partial charge is 0.319 e. The Morgan fingerprint density at radius 2 is 1.98 bits per heavy atom. The summed E-state index contributed by atoms with van der Waals surface area (Å²) in [5.41, 5.74) is 8.48. The van der Waals surface area contributed by atoms with Crippen LogP contribution in [0, 0.1) is 24.1 Å². The predicted molar refractivity (Wildman–Crippen MR) is 170 cm³/mol. The van der Waals surface area contributed by atoms with Crippen molar-refractivity contribution in [2.24, 2.45) is 7.05 Å². The van der Waals surface area contributed by atoms with Crippen LogP contribution in [0.5, 0.6) is 6.01 Å². The molecule has 3 aliphatic heterocycles. The van der Waals surface area contributed by atoms with Gasteiger partial charge < -0.3 is 30.4 Å². The number of ether oxygens (including phenoxy) is 1. The SMILES string of the molecule is Cc1c(-c2c(Cl)cc3c(N4CC5CCC(C4)N5)nc(OC[C@]4(CO)CCCN4C)nc3c2F)c2c(C#N)c(N)ccc2n1C. The lowest BCUT2D eigenvalue weighted by Crippen LogP contribution is -2.51. The number of nitrogens with one attached hydrogen (secondary N) is 1. The number of benzene rings is 2. The van der Waals surface area contributed by atoms with Crippen LogP contribution in [0.1, 0.15) is 36.9 Å². The zero-order valence-corrected chi connectivity index (χ0v) is 25.9. The van der Waals surface area contributed by atoms with Gasteiger partial charge in [-0.25, -0.2) is 4.39 Å². The van der Waals surface area contributed by atoms with Crippen LogP contribution in [-0.4, -0.2) is 82.1 Å². The van der Waals surface area contributed by atoms with Crippen LogP contribution < -0.4 is 20.7 Å². The molecule has 3 saturated heterocycles. The molecule has 3 fully saturated rings. The Balaban J connectivity index is 1.43. The van der Waals surface area contributed by atoms with Crippen molar-refractivity contribution in [2.45, 2.75) is 50.2 Å². The second kappa shape index (κ2) is 10.7. The lowest BCUT2D eigenvalue weighted by atomic mass is 9.96. The number of hydrogen-bond donors (Lipinski definition) is 3. The molecule has 4 aromatic rings.